The highest BCUT2D eigenvalue weighted by molar-refractivity contribution is 5.93. The van der Waals surface area contributed by atoms with E-state index >= 15 is 0 Å². The quantitative estimate of drug-likeness (QED) is 0.453. The topological polar surface area (TPSA) is 55.1 Å². The Kier molecular flexibility index (Phi) is 4.21. The molecule has 5 aromatic rings. The standard InChI is InChI=1S/C24H21N5/c1-16-12-14-19(15-13-16)22-24-26-23(25-17(2)18-8-4-3-5-9-18)20-10-6-7-11-21(20)29(24)28-27-22/h3-15,17H,1-2H3,(H,25,26)/t17-/m1/s1. The molecular weight excluding hydrogens is 358 g/mol. The van der Waals surface area contributed by atoms with Gasteiger partial charge in [-0.25, -0.2) is 4.98 Å². The minimum absolute atomic E-state index is 0.119. The van der Waals surface area contributed by atoms with Gasteiger partial charge in [-0.05, 0) is 31.5 Å². The number of anilines is 1. The van der Waals surface area contributed by atoms with Gasteiger partial charge in [0.15, 0.2) is 5.65 Å². The molecule has 1 atom stereocenters. The Hall–Kier alpha value is -3.73. The predicted molar refractivity (Wildman–Crippen MR) is 117 cm³/mol. The van der Waals surface area contributed by atoms with Crippen LogP contribution in [0.2, 0.25) is 0 Å². The summed E-state index contributed by atoms with van der Waals surface area (Å²) in [5.74, 6) is 0.833. The normalized spacial score (nSPS) is 12.3. The Morgan fingerprint density at radius 2 is 1.59 bits per heavy atom. The van der Waals surface area contributed by atoms with Crippen molar-refractivity contribution in [3.63, 3.8) is 0 Å². The van der Waals surface area contributed by atoms with Crippen molar-refractivity contribution in [1.29, 1.82) is 0 Å². The van der Waals surface area contributed by atoms with Gasteiger partial charge in [0.1, 0.15) is 11.5 Å². The number of hydrogen-bond acceptors (Lipinski definition) is 4. The summed E-state index contributed by atoms with van der Waals surface area (Å²) in [5, 5.41) is 13.5. The molecule has 0 unspecified atom stereocenters. The van der Waals surface area contributed by atoms with Crippen molar-refractivity contribution in [1.82, 2.24) is 19.8 Å². The van der Waals surface area contributed by atoms with Crippen molar-refractivity contribution >= 4 is 22.4 Å². The molecule has 0 bridgehead atoms. The van der Waals surface area contributed by atoms with Crippen LogP contribution in [0.25, 0.3) is 27.8 Å². The highest BCUT2D eigenvalue weighted by atomic mass is 15.4. The number of hydrogen-bond donors (Lipinski definition) is 1. The van der Waals surface area contributed by atoms with Crippen LogP contribution in [-0.2, 0) is 0 Å². The minimum atomic E-state index is 0.119. The Balaban J connectivity index is 1.68. The molecule has 29 heavy (non-hydrogen) atoms. The molecule has 2 aromatic heterocycles. The zero-order valence-corrected chi connectivity index (χ0v) is 16.4. The van der Waals surface area contributed by atoms with Crippen LogP contribution < -0.4 is 5.32 Å². The van der Waals surface area contributed by atoms with E-state index in [4.69, 9.17) is 4.98 Å². The van der Waals surface area contributed by atoms with Gasteiger partial charge in [0.05, 0.1) is 5.52 Å². The first-order valence-corrected chi connectivity index (χ1v) is 9.73. The second-order valence-electron chi connectivity index (χ2n) is 7.29. The lowest BCUT2D eigenvalue weighted by atomic mass is 10.1. The fourth-order valence-corrected chi connectivity index (χ4v) is 3.60. The van der Waals surface area contributed by atoms with Crippen LogP contribution in [0.3, 0.4) is 0 Å². The largest absolute Gasteiger partial charge is 0.363 e. The second-order valence-corrected chi connectivity index (χ2v) is 7.29. The number of fused-ring (bicyclic) bond motifs is 3. The number of aromatic nitrogens is 4. The summed E-state index contributed by atoms with van der Waals surface area (Å²) < 4.78 is 1.82. The lowest BCUT2D eigenvalue weighted by Crippen LogP contribution is -2.09. The fourth-order valence-electron chi connectivity index (χ4n) is 3.60. The summed E-state index contributed by atoms with van der Waals surface area (Å²) >= 11 is 0. The Labute approximate surface area is 169 Å². The molecule has 0 amide bonds. The van der Waals surface area contributed by atoms with Crippen molar-refractivity contribution in [2.75, 3.05) is 5.32 Å². The molecule has 0 fully saturated rings. The minimum Gasteiger partial charge on any atom is -0.363 e. The van der Waals surface area contributed by atoms with Crippen molar-refractivity contribution in [3.8, 4) is 11.3 Å². The van der Waals surface area contributed by atoms with Gasteiger partial charge in [-0.3, -0.25) is 0 Å². The van der Waals surface area contributed by atoms with Gasteiger partial charge < -0.3 is 5.32 Å². The maximum atomic E-state index is 4.95. The van der Waals surface area contributed by atoms with Crippen LogP contribution in [-0.4, -0.2) is 19.8 Å². The number of rotatable bonds is 4. The van der Waals surface area contributed by atoms with E-state index in [1.54, 1.807) is 0 Å². The van der Waals surface area contributed by atoms with E-state index in [9.17, 15) is 0 Å². The van der Waals surface area contributed by atoms with E-state index in [1.807, 2.05) is 22.7 Å². The average Bonchev–Trinajstić information content (AvgIpc) is 3.19. The van der Waals surface area contributed by atoms with E-state index in [2.05, 4.69) is 90.1 Å². The first-order chi connectivity index (χ1) is 14.2. The Bertz CT molecular complexity index is 1290. The van der Waals surface area contributed by atoms with Gasteiger partial charge in [0.2, 0.25) is 0 Å². The average molecular weight is 379 g/mol. The third kappa shape index (κ3) is 3.10. The molecule has 0 aliphatic carbocycles. The summed E-state index contributed by atoms with van der Waals surface area (Å²) in [5.41, 5.74) is 5.94. The van der Waals surface area contributed by atoms with Crippen molar-refractivity contribution in [3.05, 3.63) is 90.0 Å². The first kappa shape index (κ1) is 17.4. The lowest BCUT2D eigenvalue weighted by Gasteiger charge is -2.17. The lowest BCUT2D eigenvalue weighted by molar-refractivity contribution is 0.862. The van der Waals surface area contributed by atoms with E-state index < -0.39 is 0 Å². The molecule has 142 valence electrons. The maximum absolute atomic E-state index is 4.95. The molecule has 0 aliphatic rings. The number of nitrogens with one attached hydrogen (secondary N) is 1. The molecule has 0 spiro atoms. The summed E-state index contributed by atoms with van der Waals surface area (Å²) in [6, 6.07) is 26.9. The predicted octanol–water partition coefficient (Wildman–Crippen LogP) is 5.43. The molecule has 5 nitrogen and oxygen atoms in total. The Morgan fingerprint density at radius 3 is 2.38 bits per heavy atom. The van der Waals surface area contributed by atoms with Gasteiger partial charge in [0.25, 0.3) is 0 Å². The van der Waals surface area contributed by atoms with Crippen molar-refractivity contribution in [2.45, 2.75) is 19.9 Å². The van der Waals surface area contributed by atoms with E-state index in [-0.39, 0.29) is 6.04 Å². The molecule has 1 N–H and O–H groups in total. The van der Waals surface area contributed by atoms with Crippen LogP contribution in [0, 0.1) is 6.92 Å². The zero-order valence-electron chi connectivity index (χ0n) is 16.4. The van der Waals surface area contributed by atoms with E-state index in [0.29, 0.717) is 0 Å². The summed E-state index contributed by atoms with van der Waals surface area (Å²) in [6.45, 7) is 4.22. The maximum Gasteiger partial charge on any atom is 0.186 e. The molecule has 2 heterocycles. The zero-order chi connectivity index (χ0) is 19.8. The molecule has 5 heteroatoms. The number of nitrogens with zero attached hydrogens (tertiary/aromatic N) is 4. The smallest absolute Gasteiger partial charge is 0.186 e. The monoisotopic (exact) mass is 379 g/mol. The first-order valence-electron chi connectivity index (χ1n) is 9.73. The molecule has 3 aromatic carbocycles. The molecule has 5 rings (SSSR count). The third-order valence-electron chi connectivity index (χ3n) is 5.23. The number of benzene rings is 3. The van der Waals surface area contributed by atoms with Gasteiger partial charge in [0, 0.05) is 17.0 Å². The highest BCUT2D eigenvalue weighted by Crippen LogP contribution is 2.30. The van der Waals surface area contributed by atoms with Gasteiger partial charge in [-0.2, -0.15) is 4.52 Å². The summed E-state index contributed by atoms with van der Waals surface area (Å²) in [4.78, 5) is 4.95. The SMILES string of the molecule is Cc1ccc(-c2nnn3c2nc(N[C@H](C)c2ccccc2)c2ccccc23)cc1. The molecule has 0 aliphatic heterocycles. The van der Waals surface area contributed by atoms with Gasteiger partial charge in [-0.1, -0.05) is 77.5 Å². The van der Waals surface area contributed by atoms with Crippen LogP contribution in [0.5, 0.6) is 0 Å². The molecule has 0 saturated carbocycles. The van der Waals surface area contributed by atoms with Crippen molar-refractivity contribution < 1.29 is 0 Å². The van der Waals surface area contributed by atoms with Gasteiger partial charge in [-0.15, -0.1) is 5.10 Å². The molecule has 0 radical (unpaired) electrons. The molecular formula is C24H21N5. The van der Waals surface area contributed by atoms with Crippen LogP contribution in [0.15, 0.2) is 78.9 Å². The third-order valence-corrected chi connectivity index (χ3v) is 5.23. The van der Waals surface area contributed by atoms with Crippen molar-refractivity contribution in [2.24, 2.45) is 0 Å². The van der Waals surface area contributed by atoms with Crippen LogP contribution >= 0.6 is 0 Å². The number of para-hydroxylation sites is 1. The fraction of sp³-hybridized carbons (Fsp3) is 0.125. The number of aryl methyl sites for hydroxylation is 1. The van der Waals surface area contributed by atoms with Gasteiger partial charge >= 0.3 is 0 Å². The summed E-state index contributed by atoms with van der Waals surface area (Å²) in [7, 11) is 0. The highest BCUT2D eigenvalue weighted by Gasteiger charge is 2.17. The second kappa shape index (κ2) is 7.02. The summed E-state index contributed by atoms with van der Waals surface area (Å²) in [6.07, 6.45) is 0. The van der Waals surface area contributed by atoms with Crippen LogP contribution in [0.4, 0.5) is 5.82 Å². The van der Waals surface area contributed by atoms with E-state index in [0.717, 1.165) is 33.6 Å². The molecule has 0 saturated heterocycles. The Morgan fingerprint density at radius 1 is 0.862 bits per heavy atom. The van der Waals surface area contributed by atoms with Crippen LogP contribution in [0.1, 0.15) is 24.1 Å². The van der Waals surface area contributed by atoms with E-state index in [1.165, 1.54) is 11.1 Å².